The highest BCUT2D eigenvalue weighted by molar-refractivity contribution is 6.12. The van der Waals surface area contributed by atoms with Crippen LogP contribution in [0.15, 0.2) is 229 Å². The minimum atomic E-state index is -0.452. The molecule has 1 aliphatic heterocycles. The van der Waals surface area contributed by atoms with Gasteiger partial charge in [-0.05, 0) is 256 Å². The third-order valence-corrected chi connectivity index (χ3v) is 18.2. The number of hydrogen-bond donors (Lipinski definition) is 8. The van der Waals surface area contributed by atoms with Crippen molar-refractivity contribution < 1.29 is 49.7 Å². The van der Waals surface area contributed by atoms with Gasteiger partial charge >= 0.3 is 12.2 Å². The van der Waals surface area contributed by atoms with Gasteiger partial charge in [0, 0.05) is 58.0 Å². The normalized spacial score (nSPS) is 16.9. The second-order valence-corrected chi connectivity index (χ2v) is 25.5. The zero-order valence-corrected chi connectivity index (χ0v) is 57.6. The second-order valence-electron chi connectivity index (χ2n) is 25.5. The number of aromatic nitrogens is 6. The quantitative estimate of drug-likeness (QED) is 0.0416. The Morgan fingerprint density at radius 2 is 0.752 bits per heavy atom. The molecule has 22 heteroatoms. The highest BCUT2D eigenvalue weighted by Crippen LogP contribution is 2.40. The maximum absolute atomic E-state index is 13.0. The Labute approximate surface area is 611 Å². The Kier molecular flexibility index (Phi) is 29.1. The summed E-state index contributed by atoms with van der Waals surface area (Å²) in [5.74, 6) is 1.78. The van der Waals surface area contributed by atoms with E-state index in [0.717, 1.165) is 144 Å². The molecule has 8 aromatic carbocycles. The summed E-state index contributed by atoms with van der Waals surface area (Å²) >= 11 is 0. The predicted molar refractivity (Wildman–Crippen MR) is 403 cm³/mol. The van der Waals surface area contributed by atoms with Gasteiger partial charge in [-0.3, -0.25) is 0 Å². The van der Waals surface area contributed by atoms with Crippen molar-refractivity contribution in [3.8, 4) is 79.8 Å². The van der Waals surface area contributed by atoms with Crippen molar-refractivity contribution in [2.45, 2.75) is 135 Å². The fraction of sp³-hybridized carbons (Fsp3) is 0.277. The maximum atomic E-state index is 13.0. The number of phenolic OH excluding ortho intramolecular Hbond substituents is 6. The summed E-state index contributed by atoms with van der Waals surface area (Å²) in [6.07, 6.45) is 19.9. The van der Waals surface area contributed by atoms with Crippen LogP contribution in [0.1, 0.15) is 131 Å². The summed E-state index contributed by atoms with van der Waals surface area (Å²) in [7, 11) is 0. The van der Waals surface area contributed by atoms with Crippen LogP contribution >= 0.6 is 0 Å². The molecule has 1 saturated carbocycles. The van der Waals surface area contributed by atoms with E-state index in [4.69, 9.17) is 20.3 Å². The number of amides is 2. The Bertz CT molecular complexity index is 4320. The number of hydrogen-bond acceptors (Lipinski definition) is 20. The molecule has 1 fully saturated rings. The fourth-order valence-electron chi connectivity index (χ4n) is 12.9. The molecule has 4 atom stereocenters. The Hall–Kier alpha value is -12.4. The first kappa shape index (κ1) is 76.8. The molecule has 2 aromatic heterocycles. The van der Waals surface area contributed by atoms with Crippen LogP contribution in [0.5, 0.6) is 34.5 Å². The number of aromatic hydroxyl groups is 6. The smallest absolute Gasteiger partial charge is 0.407 e. The number of allylic oxidation sites excluding steroid dienone is 1. The van der Waals surface area contributed by atoms with E-state index in [1.807, 2.05) is 115 Å². The number of phenols is 6. The van der Waals surface area contributed by atoms with E-state index in [9.17, 15) is 40.2 Å². The third-order valence-electron chi connectivity index (χ3n) is 18.2. The summed E-state index contributed by atoms with van der Waals surface area (Å²) in [5.41, 5.74) is 13.2. The minimum absolute atomic E-state index is 0. The molecule has 2 amide bonds. The summed E-state index contributed by atoms with van der Waals surface area (Å²) in [6.45, 7) is 0.899. The van der Waals surface area contributed by atoms with Crippen LogP contribution in [0.4, 0.5) is 9.59 Å². The molecule has 3 heterocycles. The number of benzene rings is 8. The lowest BCUT2D eigenvalue weighted by Gasteiger charge is -2.38. The zero-order chi connectivity index (χ0) is 72.8. The predicted octanol–water partition coefficient (Wildman–Crippen LogP) is 17.2. The number of rotatable bonds is 12. The van der Waals surface area contributed by atoms with Crippen LogP contribution in [0.3, 0.4) is 0 Å². The van der Waals surface area contributed by atoms with Gasteiger partial charge in [0.1, 0.15) is 46.7 Å². The number of ether oxygens (including phenoxy) is 2. The van der Waals surface area contributed by atoms with Crippen molar-refractivity contribution in [3.05, 3.63) is 252 Å². The van der Waals surface area contributed by atoms with E-state index in [1.165, 1.54) is 36.8 Å². The first-order valence-corrected chi connectivity index (χ1v) is 35.1. The standard InChI is InChI=1S/C30H31N3O4.C22H22N2O2.C16H21NO2.C14H10N4O2.CH4.N2/c34-23-15-11-21(12-16-23)28-25-9-5-2-6-10-26(37-30(36)31-19-20-7-3-1-4-8-20)27(25)29(33-32-28)22-13-17-24(35)18-14-22;25-17-11-7-15(8-12-17)21-19-5-3-1-2-4-6-20(19)22(24-23-21)16-9-13-18(26)14-10-16;18-16(17-13-14-9-5-4-6-10-14)19-15-11-7-2-1-3-8-12-15;19-11-5-1-9(2-6-11)13-15-17-14(18-16-13)10-3-7-12(20)8-4-10;;1-2/h1,3-4,7-8,11-18,25-27,34-35H,2,5-6,9-10,19H2,(H,31,36);7-14,25-26H,1-6H2;4-7,9-11,15H,1-3,8,12-13H2,(H,17,18);1-8,19-20H;1H4;/b;;11-7+;;;. The first-order chi connectivity index (χ1) is 50.9. The molecule has 0 radical (unpaired) electrons. The molecular formula is C83H88N12O10. The van der Waals surface area contributed by atoms with E-state index in [1.54, 1.807) is 97.1 Å². The summed E-state index contributed by atoms with van der Waals surface area (Å²) in [6, 6.07) is 60.9. The number of alkyl carbamates (subject to hydrolysis) is 2. The SMILES string of the molecule is C.N#N.O=C(NCc1ccccc1)OC1/C=C/CCCCC1.O=C(NCc1ccccc1)OC1CCCCCC2C(c3ccc(O)cc3)=NN=C(c3ccc(O)cc3)C12.Oc1ccc(-c2nnc(-c3ccc(O)cc3)c3c2CCCCCC3)cc1.Oc1ccc(-c2nnc(-c3ccc(O)cc3)nn2)cc1. The van der Waals surface area contributed by atoms with E-state index < -0.39 is 12.2 Å². The molecule has 8 N–H and O–H groups in total. The van der Waals surface area contributed by atoms with Crippen molar-refractivity contribution in [2.24, 2.45) is 22.0 Å². The average molecular weight is 1410 g/mol. The molecule has 105 heavy (non-hydrogen) atoms. The average Bonchev–Trinajstić information content (AvgIpc) is 0.772. The molecule has 540 valence electrons. The molecule has 22 nitrogen and oxygen atoms in total. The lowest BCUT2D eigenvalue weighted by Crippen LogP contribution is -2.45. The summed E-state index contributed by atoms with van der Waals surface area (Å²) in [4.78, 5) is 24.7. The molecule has 4 unspecified atom stereocenters. The minimum Gasteiger partial charge on any atom is -0.508 e. The monoisotopic (exact) mass is 1410 g/mol. The number of carbonyl (C=O) groups is 2. The molecule has 0 bridgehead atoms. The van der Waals surface area contributed by atoms with E-state index in [0.29, 0.717) is 24.7 Å². The highest BCUT2D eigenvalue weighted by Gasteiger charge is 2.42. The number of nitrogens with one attached hydrogen (secondary N) is 2. The maximum Gasteiger partial charge on any atom is 0.407 e. The fourth-order valence-corrected chi connectivity index (χ4v) is 12.9. The molecule has 0 spiro atoms. The van der Waals surface area contributed by atoms with E-state index >= 15 is 0 Å². The highest BCUT2D eigenvalue weighted by atomic mass is 16.6. The van der Waals surface area contributed by atoms with E-state index in [2.05, 4.69) is 57.5 Å². The summed E-state index contributed by atoms with van der Waals surface area (Å²) in [5, 5.41) is 109. The van der Waals surface area contributed by atoms with Gasteiger partial charge in [-0.1, -0.05) is 106 Å². The van der Waals surface area contributed by atoms with E-state index in [-0.39, 0.29) is 66.0 Å². The number of fused-ring (bicyclic) bond motifs is 2. The number of nitrogens with zero attached hydrogens (tertiary/aromatic N) is 10. The first-order valence-electron chi connectivity index (χ1n) is 35.1. The van der Waals surface area contributed by atoms with Gasteiger partial charge in [-0.2, -0.15) is 10.2 Å². The van der Waals surface area contributed by atoms with Gasteiger partial charge in [-0.25, -0.2) is 9.59 Å². The molecule has 14 rings (SSSR count). The number of carbonyl (C=O) groups excluding carboxylic acids is 2. The lowest BCUT2D eigenvalue weighted by molar-refractivity contribution is 0.0577. The van der Waals surface area contributed by atoms with Crippen LogP contribution in [0.2, 0.25) is 0 Å². The van der Waals surface area contributed by atoms with Crippen molar-refractivity contribution in [2.75, 3.05) is 0 Å². The zero-order valence-electron chi connectivity index (χ0n) is 57.6. The van der Waals surface area contributed by atoms with Gasteiger partial charge in [0.2, 0.25) is 11.6 Å². The van der Waals surface area contributed by atoms with Crippen molar-refractivity contribution in [1.29, 1.82) is 10.8 Å². The van der Waals surface area contributed by atoms with Gasteiger partial charge in [0.15, 0.2) is 0 Å². The lowest BCUT2D eigenvalue weighted by atomic mass is 9.71. The molecule has 10 aromatic rings. The Balaban J connectivity index is 0.000000166. The second kappa shape index (κ2) is 39.7. The summed E-state index contributed by atoms with van der Waals surface area (Å²) < 4.78 is 11.5. The third kappa shape index (κ3) is 22.6. The van der Waals surface area contributed by atoms with Gasteiger partial charge in [0.25, 0.3) is 0 Å². The van der Waals surface area contributed by atoms with Crippen LogP contribution in [-0.2, 0) is 35.4 Å². The van der Waals surface area contributed by atoms with Crippen molar-refractivity contribution >= 4 is 23.6 Å². The molecule has 4 aliphatic rings. The molecule has 3 aliphatic carbocycles. The Morgan fingerprint density at radius 1 is 0.390 bits per heavy atom. The van der Waals surface area contributed by atoms with Gasteiger partial charge in [0.05, 0.1) is 22.8 Å². The Morgan fingerprint density at radius 3 is 1.20 bits per heavy atom. The van der Waals surface area contributed by atoms with Gasteiger partial charge in [-0.15, -0.1) is 30.6 Å². The topological polar surface area (TPSA) is 348 Å². The molecule has 0 saturated heterocycles. The largest absolute Gasteiger partial charge is 0.508 e. The van der Waals surface area contributed by atoms with Crippen molar-refractivity contribution in [1.82, 2.24) is 41.2 Å². The van der Waals surface area contributed by atoms with Crippen LogP contribution in [0, 0.1) is 22.6 Å². The van der Waals surface area contributed by atoms with Gasteiger partial charge < -0.3 is 50.7 Å². The molecular weight excluding hydrogens is 1320 g/mol. The van der Waals surface area contributed by atoms with Crippen LogP contribution in [0.25, 0.3) is 45.3 Å². The van der Waals surface area contributed by atoms with Crippen LogP contribution < -0.4 is 10.6 Å². The van der Waals surface area contributed by atoms with Crippen molar-refractivity contribution in [3.63, 3.8) is 0 Å². The van der Waals surface area contributed by atoms with Crippen LogP contribution in [-0.4, -0.2) is 97.0 Å².